The van der Waals surface area contributed by atoms with Crippen molar-refractivity contribution in [2.75, 3.05) is 37.2 Å². The first-order valence-corrected chi connectivity index (χ1v) is 7.36. The molecule has 20 heavy (non-hydrogen) atoms. The van der Waals surface area contributed by atoms with E-state index < -0.39 is 0 Å². The maximum absolute atomic E-state index is 5.78. The molecule has 1 heterocycles. The largest absolute Gasteiger partial charge is 0.384 e. The van der Waals surface area contributed by atoms with Gasteiger partial charge < -0.3 is 16.0 Å². The summed E-state index contributed by atoms with van der Waals surface area (Å²) in [7, 11) is 0. The zero-order valence-electron chi connectivity index (χ0n) is 12.4. The van der Waals surface area contributed by atoms with Crippen molar-refractivity contribution in [3.63, 3.8) is 0 Å². The number of aromatic nitrogens is 1. The van der Waals surface area contributed by atoms with Gasteiger partial charge in [-0.15, -0.1) is 0 Å². The fraction of sp³-hybridized carbons (Fsp3) is 0.438. The number of nitrogens with one attached hydrogen (secondary N) is 1. The van der Waals surface area contributed by atoms with E-state index in [1.54, 1.807) is 0 Å². The van der Waals surface area contributed by atoms with Gasteiger partial charge in [-0.05, 0) is 44.3 Å². The van der Waals surface area contributed by atoms with Crippen LogP contribution in [0.5, 0.6) is 0 Å². The lowest BCUT2D eigenvalue weighted by Crippen LogP contribution is -2.25. The van der Waals surface area contributed by atoms with Crippen molar-refractivity contribution in [1.29, 1.82) is 0 Å². The number of fused-ring (bicyclic) bond motifs is 1. The van der Waals surface area contributed by atoms with Gasteiger partial charge in [0.05, 0.1) is 11.2 Å². The SMILES string of the molecule is CCN(CC)CCCNc1cccc2ccc(N)nc12. The predicted octanol–water partition coefficient (Wildman–Crippen LogP) is 2.96. The molecule has 3 N–H and O–H groups in total. The highest BCUT2D eigenvalue weighted by molar-refractivity contribution is 5.91. The van der Waals surface area contributed by atoms with Gasteiger partial charge in [0.25, 0.3) is 0 Å². The Kier molecular flexibility index (Phi) is 5.18. The number of nitrogen functional groups attached to an aromatic ring is 1. The van der Waals surface area contributed by atoms with Crippen molar-refractivity contribution in [1.82, 2.24) is 9.88 Å². The number of para-hydroxylation sites is 1. The summed E-state index contributed by atoms with van der Waals surface area (Å²) in [6.07, 6.45) is 1.13. The van der Waals surface area contributed by atoms with Gasteiger partial charge in [-0.3, -0.25) is 0 Å². The topological polar surface area (TPSA) is 54.2 Å². The molecule has 0 atom stereocenters. The number of pyridine rings is 1. The minimum atomic E-state index is 0.565. The van der Waals surface area contributed by atoms with E-state index in [0.717, 1.165) is 49.2 Å². The Hall–Kier alpha value is -1.81. The molecule has 0 bridgehead atoms. The molecule has 0 aliphatic carbocycles. The quantitative estimate of drug-likeness (QED) is 0.761. The van der Waals surface area contributed by atoms with Gasteiger partial charge in [0, 0.05) is 11.9 Å². The summed E-state index contributed by atoms with van der Waals surface area (Å²) < 4.78 is 0. The third-order valence-electron chi connectivity index (χ3n) is 3.60. The van der Waals surface area contributed by atoms with Crippen LogP contribution in [-0.4, -0.2) is 36.1 Å². The molecule has 0 unspecified atom stereocenters. The summed E-state index contributed by atoms with van der Waals surface area (Å²) >= 11 is 0. The normalized spacial score (nSPS) is 11.2. The molecule has 0 spiro atoms. The standard InChI is InChI=1S/C16H24N4/c1-3-20(4-2)12-6-11-18-14-8-5-7-13-9-10-15(17)19-16(13)14/h5,7-10,18H,3-4,6,11-12H2,1-2H3,(H2,17,19). The number of hydrogen-bond donors (Lipinski definition) is 2. The molecule has 0 saturated carbocycles. The summed E-state index contributed by atoms with van der Waals surface area (Å²) in [5.74, 6) is 0.565. The fourth-order valence-corrected chi connectivity index (χ4v) is 2.37. The average Bonchev–Trinajstić information content (AvgIpc) is 2.47. The van der Waals surface area contributed by atoms with E-state index in [9.17, 15) is 0 Å². The third-order valence-corrected chi connectivity index (χ3v) is 3.60. The van der Waals surface area contributed by atoms with E-state index in [-0.39, 0.29) is 0 Å². The van der Waals surface area contributed by atoms with Gasteiger partial charge >= 0.3 is 0 Å². The van der Waals surface area contributed by atoms with Crippen LogP contribution in [0.2, 0.25) is 0 Å². The van der Waals surface area contributed by atoms with E-state index >= 15 is 0 Å². The van der Waals surface area contributed by atoms with Gasteiger partial charge in [0.2, 0.25) is 0 Å². The summed E-state index contributed by atoms with van der Waals surface area (Å²) in [6, 6.07) is 10.0. The molecule has 0 aliphatic heterocycles. The molecule has 0 saturated heterocycles. The van der Waals surface area contributed by atoms with Crippen LogP contribution in [0.3, 0.4) is 0 Å². The van der Waals surface area contributed by atoms with Crippen LogP contribution in [0.25, 0.3) is 10.9 Å². The van der Waals surface area contributed by atoms with Gasteiger partial charge in [-0.25, -0.2) is 4.98 Å². The lowest BCUT2D eigenvalue weighted by atomic mass is 10.2. The lowest BCUT2D eigenvalue weighted by molar-refractivity contribution is 0.303. The van der Waals surface area contributed by atoms with Crippen LogP contribution in [0.15, 0.2) is 30.3 Å². The third kappa shape index (κ3) is 3.61. The minimum Gasteiger partial charge on any atom is -0.384 e. The first kappa shape index (κ1) is 14.6. The smallest absolute Gasteiger partial charge is 0.124 e. The molecule has 0 fully saturated rings. The van der Waals surface area contributed by atoms with Gasteiger partial charge in [-0.1, -0.05) is 26.0 Å². The monoisotopic (exact) mass is 272 g/mol. The molecular weight excluding hydrogens is 248 g/mol. The molecule has 4 nitrogen and oxygen atoms in total. The Balaban J connectivity index is 1.98. The number of benzene rings is 1. The predicted molar refractivity (Wildman–Crippen MR) is 87.1 cm³/mol. The Morgan fingerprint density at radius 2 is 1.95 bits per heavy atom. The van der Waals surface area contributed by atoms with Crippen LogP contribution in [0, 0.1) is 0 Å². The van der Waals surface area contributed by atoms with Crippen molar-refractivity contribution >= 4 is 22.4 Å². The van der Waals surface area contributed by atoms with Gasteiger partial charge in [-0.2, -0.15) is 0 Å². The molecule has 2 aromatic rings. The lowest BCUT2D eigenvalue weighted by Gasteiger charge is -2.18. The number of nitrogens with zero attached hydrogens (tertiary/aromatic N) is 2. The highest BCUT2D eigenvalue weighted by Crippen LogP contribution is 2.22. The van der Waals surface area contributed by atoms with Crippen LogP contribution < -0.4 is 11.1 Å². The number of rotatable bonds is 7. The van der Waals surface area contributed by atoms with E-state index in [2.05, 4.69) is 41.2 Å². The molecule has 2 rings (SSSR count). The molecule has 0 amide bonds. The zero-order chi connectivity index (χ0) is 14.4. The molecule has 1 aromatic heterocycles. The first-order chi connectivity index (χ1) is 9.74. The maximum atomic E-state index is 5.78. The molecule has 4 heteroatoms. The van der Waals surface area contributed by atoms with Gasteiger partial charge in [0.1, 0.15) is 5.82 Å². The van der Waals surface area contributed by atoms with Crippen molar-refractivity contribution in [2.45, 2.75) is 20.3 Å². The Morgan fingerprint density at radius 3 is 2.70 bits per heavy atom. The van der Waals surface area contributed by atoms with Crippen LogP contribution in [-0.2, 0) is 0 Å². The Labute approximate surface area is 121 Å². The second-order valence-corrected chi connectivity index (χ2v) is 4.92. The molecule has 0 radical (unpaired) electrons. The van der Waals surface area contributed by atoms with Crippen molar-refractivity contribution in [2.24, 2.45) is 0 Å². The number of nitrogens with two attached hydrogens (primary N) is 1. The zero-order valence-corrected chi connectivity index (χ0v) is 12.4. The van der Waals surface area contributed by atoms with Crippen LogP contribution >= 0.6 is 0 Å². The number of hydrogen-bond acceptors (Lipinski definition) is 4. The van der Waals surface area contributed by atoms with E-state index in [4.69, 9.17) is 5.73 Å². The van der Waals surface area contributed by atoms with E-state index in [1.807, 2.05) is 18.2 Å². The minimum absolute atomic E-state index is 0.565. The Bertz CT molecular complexity index is 549. The maximum Gasteiger partial charge on any atom is 0.124 e. The summed E-state index contributed by atoms with van der Waals surface area (Å²) in [5.41, 5.74) is 7.80. The summed E-state index contributed by atoms with van der Waals surface area (Å²) in [6.45, 7) is 8.71. The van der Waals surface area contributed by atoms with Crippen molar-refractivity contribution < 1.29 is 0 Å². The Morgan fingerprint density at radius 1 is 1.15 bits per heavy atom. The van der Waals surface area contributed by atoms with E-state index in [0.29, 0.717) is 5.82 Å². The highest BCUT2D eigenvalue weighted by Gasteiger charge is 2.03. The van der Waals surface area contributed by atoms with Crippen LogP contribution in [0.4, 0.5) is 11.5 Å². The molecule has 108 valence electrons. The van der Waals surface area contributed by atoms with Crippen molar-refractivity contribution in [3.8, 4) is 0 Å². The second-order valence-electron chi connectivity index (χ2n) is 4.92. The average molecular weight is 272 g/mol. The second kappa shape index (κ2) is 7.10. The highest BCUT2D eigenvalue weighted by atomic mass is 15.1. The summed E-state index contributed by atoms with van der Waals surface area (Å²) in [4.78, 5) is 6.86. The van der Waals surface area contributed by atoms with Crippen molar-refractivity contribution in [3.05, 3.63) is 30.3 Å². The molecule has 1 aromatic carbocycles. The molecule has 0 aliphatic rings. The van der Waals surface area contributed by atoms with E-state index in [1.165, 1.54) is 0 Å². The molecular formula is C16H24N4. The fourth-order valence-electron chi connectivity index (χ4n) is 2.37. The summed E-state index contributed by atoms with van der Waals surface area (Å²) in [5, 5.41) is 4.59. The first-order valence-electron chi connectivity index (χ1n) is 7.36. The number of anilines is 2. The van der Waals surface area contributed by atoms with Crippen LogP contribution in [0.1, 0.15) is 20.3 Å². The van der Waals surface area contributed by atoms with Gasteiger partial charge in [0.15, 0.2) is 0 Å².